The van der Waals surface area contributed by atoms with E-state index in [4.69, 9.17) is 10.5 Å². The predicted molar refractivity (Wildman–Crippen MR) is 96.6 cm³/mol. The van der Waals surface area contributed by atoms with Crippen molar-refractivity contribution < 1.29 is 4.74 Å². The molecular formula is C20H35NO. The second kappa shape index (κ2) is 10.7. The van der Waals surface area contributed by atoms with Crippen LogP contribution in [0.2, 0.25) is 0 Å². The van der Waals surface area contributed by atoms with Crippen molar-refractivity contribution in [3.05, 3.63) is 36.1 Å². The molecule has 1 aliphatic rings. The zero-order valence-electron chi connectivity index (χ0n) is 14.8. The first-order valence-electron chi connectivity index (χ1n) is 9.02. The van der Waals surface area contributed by atoms with Gasteiger partial charge in [0.1, 0.15) is 5.76 Å². The zero-order valence-corrected chi connectivity index (χ0v) is 14.8. The summed E-state index contributed by atoms with van der Waals surface area (Å²) in [4.78, 5) is 0. The van der Waals surface area contributed by atoms with E-state index in [-0.39, 0.29) is 0 Å². The molecule has 1 rings (SSSR count). The standard InChI is InChI=1S/C20H35NO/c1-5-8-17(12-13-21)15-22-16(4)14-19(9-6-2)20(7-3)18-10-11-18/h6,9,14,17-18,20H,4-5,7-8,10-13,15,21H2,1-3H3/b9-6-,19-14+. The minimum absolute atomic E-state index is 0.552. The summed E-state index contributed by atoms with van der Waals surface area (Å²) in [6.07, 6.45) is 13.8. The van der Waals surface area contributed by atoms with E-state index in [0.717, 1.165) is 31.2 Å². The van der Waals surface area contributed by atoms with Crippen LogP contribution in [0.4, 0.5) is 0 Å². The molecule has 1 saturated carbocycles. The highest BCUT2D eigenvalue weighted by molar-refractivity contribution is 5.29. The Kier molecular flexibility index (Phi) is 9.22. The predicted octanol–water partition coefficient (Wildman–Crippen LogP) is 5.22. The lowest BCUT2D eigenvalue weighted by Gasteiger charge is -2.19. The van der Waals surface area contributed by atoms with Gasteiger partial charge in [-0.05, 0) is 75.0 Å². The molecule has 2 nitrogen and oxygen atoms in total. The topological polar surface area (TPSA) is 35.2 Å². The molecule has 2 atom stereocenters. The van der Waals surface area contributed by atoms with Gasteiger partial charge in [-0.3, -0.25) is 0 Å². The fourth-order valence-electron chi connectivity index (χ4n) is 3.22. The Labute approximate surface area is 137 Å². The van der Waals surface area contributed by atoms with Gasteiger partial charge in [-0.2, -0.15) is 0 Å². The summed E-state index contributed by atoms with van der Waals surface area (Å²) in [6, 6.07) is 0. The smallest absolute Gasteiger partial charge is 0.112 e. The van der Waals surface area contributed by atoms with Crippen LogP contribution >= 0.6 is 0 Å². The molecule has 0 aliphatic heterocycles. The van der Waals surface area contributed by atoms with Crippen LogP contribution in [0.5, 0.6) is 0 Å². The number of nitrogens with two attached hydrogens (primary N) is 1. The van der Waals surface area contributed by atoms with E-state index in [0.29, 0.717) is 11.8 Å². The third kappa shape index (κ3) is 6.83. The van der Waals surface area contributed by atoms with Gasteiger partial charge in [0.25, 0.3) is 0 Å². The molecule has 2 unspecified atom stereocenters. The molecule has 2 N–H and O–H groups in total. The lowest BCUT2D eigenvalue weighted by Crippen LogP contribution is -2.14. The molecule has 126 valence electrons. The lowest BCUT2D eigenvalue weighted by molar-refractivity contribution is 0.165. The number of hydrogen-bond acceptors (Lipinski definition) is 2. The monoisotopic (exact) mass is 305 g/mol. The molecule has 1 fully saturated rings. The van der Waals surface area contributed by atoms with Gasteiger partial charge in [0.2, 0.25) is 0 Å². The van der Waals surface area contributed by atoms with E-state index in [1.165, 1.54) is 37.7 Å². The second-order valence-electron chi connectivity index (χ2n) is 6.51. The minimum Gasteiger partial charge on any atom is -0.494 e. The largest absolute Gasteiger partial charge is 0.494 e. The van der Waals surface area contributed by atoms with Crippen LogP contribution in [-0.4, -0.2) is 13.2 Å². The first-order valence-corrected chi connectivity index (χ1v) is 9.02. The van der Waals surface area contributed by atoms with Gasteiger partial charge in [0, 0.05) is 0 Å². The highest BCUT2D eigenvalue weighted by atomic mass is 16.5. The third-order valence-electron chi connectivity index (χ3n) is 4.52. The van der Waals surface area contributed by atoms with Crippen molar-refractivity contribution in [1.29, 1.82) is 0 Å². The van der Waals surface area contributed by atoms with Crippen LogP contribution in [0.25, 0.3) is 0 Å². The van der Waals surface area contributed by atoms with E-state index >= 15 is 0 Å². The van der Waals surface area contributed by atoms with Crippen molar-refractivity contribution in [2.24, 2.45) is 23.5 Å². The molecule has 0 amide bonds. The van der Waals surface area contributed by atoms with Crippen LogP contribution in [-0.2, 0) is 4.74 Å². The maximum atomic E-state index is 5.92. The highest BCUT2D eigenvalue weighted by Gasteiger charge is 2.31. The molecule has 0 saturated heterocycles. The third-order valence-corrected chi connectivity index (χ3v) is 4.52. The Morgan fingerprint density at radius 1 is 1.32 bits per heavy atom. The van der Waals surface area contributed by atoms with Crippen molar-refractivity contribution in [2.45, 2.75) is 59.3 Å². The SMILES string of the molecule is C=C(/C=C(\C=C/C)C(CC)C1CC1)OCC(CCC)CCN. The Balaban J connectivity index is 2.60. The van der Waals surface area contributed by atoms with Gasteiger partial charge in [-0.1, -0.05) is 39.0 Å². The van der Waals surface area contributed by atoms with Crippen LogP contribution in [0.1, 0.15) is 59.3 Å². The summed E-state index contributed by atoms with van der Waals surface area (Å²) in [7, 11) is 0. The first-order chi connectivity index (χ1) is 10.7. The average molecular weight is 306 g/mol. The molecule has 0 heterocycles. The number of allylic oxidation sites excluding steroid dienone is 4. The fourth-order valence-corrected chi connectivity index (χ4v) is 3.22. The van der Waals surface area contributed by atoms with Crippen molar-refractivity contribution >= 4 is 0 Å². The fraction of sp³-hybridized carbons (Fsp3) is 0.700. The van der Waals surface area contributed by atoms with Gasteiger partial charge in [0.15, 0.2) is 0 Å². The van der Waals surface area contributed by atoms with E-state index in [1.807, 2.05) is 0 Å². The molecule has 0 spiro atoms. The Morgan fingerprint density at radius 2 is 2.05 bits per heavy atom. The van der Waals surface area contributed by atoms with Gasteiger partial charge in [0.05, 0.1) is 6.61 Å². The molecule has 1 aliphatic carbocycles. The molecular weight excluding hydrogens is 270 g/mol. The molecule has 0 bridgehead atoms. The molecule has 0 aromatic heterocycles. The van der Waals surface area contributed by atoms with Crippen LogP contribution < -0.4 is 5.73 Å². The van der Waals surface area contributed by atoms with Crippen molar-refractivity contribution in [2.75, 3.05) is 13.2 Å². The van der Waals surface area contributed by atoms with Crippen molar-refractivity contribution in [1.82, 2.24) is 0 Å². The quantitative estimate of drug-likeness (QED) is 0.396. The molecule has 0 radical (unpaired) electrons. The van der Waals surface area contributed by atoms with Crippen molar-refractivity contribution in [3.8, 4) is 0 Å². The van der Waals surface area contributed by atoms with E-state index < -0.39 is 0 Å². The van der Waals surface area contributed by atoms with Gasteiger partial charge >= 0.3 is 0 Å². The maximum Gasteiger partial charge on any atom is 0.112 e. The summed E-state index contributed by atoms with van der Waals surface area (Å²) < 4.78 is 5.92. The summed E-state index contributed by atoms with van der Waals surface area (Å²) in [5.74, 6) is 2.87. The summed E-state index contributed by atoms with van der Waals surface area (Å²) >= 11 is 0. The lowest BCUT2D eigenvalue weighted by atomic mass is 9.90. The van der Waals surface area contributed by atoms with Crippen molar-refractivity contribution in [3.63, 3.8) is 0 Å². The number of ether oxygens (including phenoxy) is 1. The normalized spacial score (nSPS) is 18.5. The summed E-state index contributed by atoms with van der Waals surface area (Å²) in [5, 5.41) is 0. The van der Waals surface area contributed by atoms with Crippen LogP contribution in [0.15, 0.2) is 36.1 Å². The maximum absolute atomic E-state index is 5.92. The molecule has 22 heavy (non-hydrogen) atoms. The van der Waals surface area contributed by atoms with Gasteiger partial charge < -0.3 is 10.5 Å². The first kappa shape index (κ1) is 19.0. The molecule has 2 heteroatoms. The van der Waals surface area contributed by atoms with Crippen LogP contribution in [0.3, 0.4) is 0 Å². The van der Waals surface area contributed by atoms with E-state index in [9.17, 15) is 0 Å². The zero-order chi connectivity index (χ0) is 16.4. The summed E-state index contributed by atoms with van der Waals surface area (Å²) in [5.41, 5.74) is 7.06. The second-order valence-corrected chi connectivity index (χ2v) is 6.51. The Morgan fingerprint density at radius 3 is 2.55 bits per heavy atom. The number of hydrogen-bond donors (Lipinski definition) is 1. The van der Waals surface area contributed by atoms with E-state index in [1.54, 1.807) is 0 Å². The Bertz CT molecular complexity index is 373. The van der Waals surface area contributed by atoms with Gasteiger partial charge in [-0.15, -0.1) is 0 Å². The highest BCUT2D eigenvalue weighted by Crippen LogP contribution is 2.42. The summed E-state index contributed by atoms with van der Waals surface area (Å²) in [6.45, 7) is 12.1. The minimum atomic E-state index is 0.552. The van der Waals surface area contributed by atoms with Crippen LogP contribution in [0, 0.1) is 17.8 Å². The molecule has 0 aromatic carbocycles. The van der Waals surface area contributed by atoms with Gasteiger partial charge in [-0.25, -0.2) is 0 Å². The molecule has 0 aromatic rings. The van der Waals surface area contributed by atoms with E-state index in [2.05, 4.69) is 45.6 Å². The average Bonchev–Trinajstić information content (AvgIpc) is 3.31. The number of rotatable bonds is 12. The Hall–Kier alpha value is -1.02.